The molecule has 0 saturated heterocycles. The van der Waals surface area contributed by atoms with E-state index in [-0.39, 0.29) is 0 Å². The summed E-state index contributed by atoms with van der Waals surface area (Å²) in [4.78, 5) is 1.22. The molecule has 0 aliphatic rings. The molecule has 2 rings (SSSR count). The summed E-state index contributed by atoms with van der Waals surface area (Å²) < 4.78 is 1.94. The molecule has 0 aliphatic carbocycles. The third-order valence-corrected chi connectivity index (χ3v) is 3.67. The Morgan fingerprint density at radius 2 is 2.21 bits per heavy atom. The lowest BCUT2D eigenvalue weighted by Crippen LogP contribution is -2.05. The van der Waals surface area contributed by atoms with Gasteiger partial charge in [0.25, 0.3) is 0 Å². The van der Waals surface area contributed by atoms with Gasteiger partial charge in [-0.25, -0.2) is 4.68 Å². The van der Waals surface area contributed by atoms with E-state index in [4.69, 9.17) is 5.73 Å². The van der Waals surface area contributed by atoms with Gasteiger partial charge in [-0.15, -0.1) is 11.8 Å². The van der Waals surface area contributed by atoms with Gasteiger partial charge in [-0.1, -0.05) is 13.0 Å². The number of hydrogen-bond donors (Lipinski definition) is 2. The zero-order chi connectivity index (χ0) is 13.8. The number of rotatable bonds is 5. The van der Waals surface area contributed by atoms with E-state index in [2.05, 4.69) is 35.7 Å². The Kier molecular flexibility index (Phi) is 4.37. The third kappa shape index (κ3) is 3.04. The standard InChI is InChI=1S/C14H20N4S/c1-4-8-18-14(13(15)10(2)17-18)16-11-6-5-7-12(9-11)19-3/h5-7,9,16H,4,8,15H2,1-3H3. The largest absolute Gasteiger partial charge is 0.394 e. The monoisotopic (exact) mass is 276 g/mol. The Morgan fingerprint density at radius 3 is 2.89 bits per heavy atom. The van der Waals surface area contributed by atoms with Crippen LogP contribution in [0.15, 0.2) is 29.2 Å². The molecule has 1 aromatic carbocycles. The summed E-state index contributed by atoms with van der Waals surface area (Å²) in [5.74, 6) is 0.887. The smallest absolute Gasteiger partial charge is 0.152 e. The van der Waals surface area contributed by atoms with Gasteiger partial charge in [-0.05, 0) is 37.8 Å². The van der Waals surface area contributed by atoms with E-state index in [0.717, 1.165) is 35.9 Å². The third-order valence-electron chi connectivity index (χ3n) is 2.94. The van der Waals surface area contributed by atoms with Gasteiger partial charge in [0.2, 0.25) is 0 Å². The molecule has 2 aromatic rings. The van der Waals surface area contributed by atoms with E-state index < -0.39 is 0 Å². The summed E-state index contributed by atoms with van der Waals surface area (Å²) in [6.45, 7) is 4.93. The van der Waals surface area contributed by atoms with Crippen LogP contribution in [0.3, 0.4) is 0 Å². The maximum absolute atomic E-state index is 6.10. The summed E-state index contributed by atoms with van der Waals surface area (Å²) >= 11 is 1.72. The van der Waals surface area contributed by atoms with Crippen LogP contribution in [0, 0.1) is 6.92 Å². The Balaban J connectivity index is 2.31. The lowest BCUT2D eigenvalue weighted by molar-refractivity contribution is 0.605. The number of thioether (sulfide) groups is 1. The summed E-state index contributed by atoms with van der Waals surface area (Å²) in [7, 11) is 0. The van der Waals surface area contributed by atoms with Crippen molar-refractivity contribution in [2.75, 3.05) is 17.3 Å². The molecule has 19 heavy (non-hydrogen) atoms. The van der Waals surface area contributed by atoms with Crippen molar-refractivity contribution in [1.82, 2.24) is 9.78 Å². The molecule has 0 spiro atoms. The molecule has 4 nitrogen and oxygen atoms in total. The normalized spacial score (nSPS) is 10.7. The molecule has 1 heterocycles. The molecule has 1 aromatic heterocycles. The van der Waals surface area contributed by atoms with Crippen LogP contribution in [0.1, 0.15) is 19.0 Å². The Morgan fingerprint density at radius 1 is 1.42 bits per heavy atom. The molecule has 0 bridgehead atoms. The fourth-order valence-electron chi connectivity index (χ4n) is 1.94. The van der Waals surface area contributed by atoms with E-state index in [1.807, 2.05) is 23.7 Å². The lowest BCUT2D eigenvalue weighted by Gasteiger charge is -2.10. The van der Waals surface area contributed by atoms with Crippen LogP contribution >= 0.6 is 11.8 Å². The lowest BCUT2D eigenvalue weighted by atomic mass is 10.3. The first-order chi connectivity index (χ1) is 9.15. The predicted molar refractivity (Wildman–Crippen MR) is 83.2 cm³/mol. The number of nitrogens with two attached hydrogens (primary N) is 1. The van der Waals surface area contributed by atoms with Crippen LogP contribution in [-0.4, -0.2) is 16.0 Å². The number of anilines is 3. The number of hydrogen-bond acceptors (Lipinski definition) is 4. The molecule has 0 fully saturated rings. The van der Waals surface area contributed by atoms with Crippen LogP contribution in [0.4, 0.5) is 17.2 Å². The van der Waals surface area contributed by atoms with Gasteiger partial charge in [-0.3, -0.25) is 0 Å². The van der Waals surface area contributed by atoms with Crippen molar-refractivity contribution in [2.45, 2.75) is 31.7 Å². The number of nitrogens with one attached hydrogen (secondary N) is 1. The van der Waals surface area contributed by atoms with Crippen LogP contribution in [0.2, 0.25) is 0 Å². The fraction of sp³-hybridized carbons (Fsp3) is 0.357. The quantitative estimate of drug-likeness (QED) is 0.818. The summed E-state index contributed by atoms with van der Waals surface area (Å²) in [6, 6.07) is 8.28. The zero-order valence-electron chi connectivity index (χ0n) is 11.6. The second-order valence-electron chi connectivity index (χ2n) is 4.43. The van der Waals surface area contributed by atoms with Gasteiger partial charge in [0.05, 0.1) is 11.4 Å². The molecule has 0 amide bonds. The maximum Gasteiger partial charge on any atom is 0.152 e. The van der Waals surface area contributed by atoms with Crippen LogP contribution in [0.5, 0.6) is 0 Å². The minimum absolute atomic E-state index is 0.725. The van der Waals surface area contributed by atoms with Crippen LogP contribution in [-0.2, 0) is 6.54 Å². The van der Waals surface area contributed by atoms with Crippen LogP contribution in [0.25, 0.3) is 0 Å². The fourth-order valence-corrected chi connectivity index (χ4v) is 2.40. The van der Waals surface area contributed by atoms with Gasteiger partial charge >= 0.3 is 0 Å². The summed E-state index contributed by atoms with van der Waals surface area (Å²) in [6.07, 6.45) is 3.10. The van der Waals surface area contributed by atoms with Gasteiger partial charge in [0.1, 0.15) is 0 Å². The van der Waals surface area contributed by atoms with Gasteiger partial charge in [-0.2, -0.15) is 5.10 Å². The number of aryl methyl sites for hydroxylation is 2. The topological polar surface area (TPSA) is 55.9 Å². The molecule has 0 aliphatic heterocycles. The first kappa shape index (κ1) is 13.8. The number of aromatic nitrogens is 2. The number of nitrogen functional groups attached to an aromatic ring is 1. The van der Waals surface area contributed by atoms with Crippen molar-refractivity contribution in [1.29, 1.82) is 0 Å². The van der Waals surface area contributed by atoms with E-state index >= 15 is 0 Å². The van der Waals surface area contributed by atoms with E-state index in [1.165, 1.54) is 4.90 Å². The van der Waals surface area contributed by atoms with Crippen molar-refractivity contribution in [2.24, 2.45) is 0 Å². The minimum atomic E-state index is 0.725. The second kappa shape index (κ2) is 6.02. The molecule has 5 heteroatoms. The summed E-state index contributed by atoms with van der Waals surface area (Å²) in [5.41, 5.74) is 8.74. The average Bonchev–Trinajstić information content (AvgIpc) is 2.67. The minimum Gasteiger partial charge on any atom is -0.394 e. The molecule has 0 atom stereocenters. The van der Waals surface area contributed by atoms with E-state index in [1.54, 1.807) is 11.8 Å². The SMILES string of the molecule is CCCn1nc(C)c(N)c1Nc1cccc(SC)c1. The molecular weight excluding hydrogens is 256 g/mol. The Hall–Kier alpha value is -1.62. The number of benzene rings is 1. The highest BCUT2D eigenvalue weighted by Gasteiger charge is 2.12. The highest BCUT2D eigenvalue weighted by molar-refractivity contribution is 7.98. The molecule has 102 valence electrons. The molecule has 0 saturated carbocycles. The Labute approximate surface area is 118 Å². The number of nitrogens with zero attached hydrogens (tertiary/aromatic N) is 2. The Bertz CT molecular complexity index is 563. The maximum atomic E-state index is 6.10. The first-order valence-electron chi connectivity index (χ1n) is 6.39. The average molecular weight is 276 g/mol. The van der Waals surface area contributed by atoms with Crippen LogP contribution < -0.4 is 11.1 Å². The van der Waals surface area contributed by atoms with Crippen molar-refractivity contribution in [3.63, 3.8) is 0 Å². The van der Waals surface area contributed by atoms with Crippen molar-refractivity contribution >= 4 is 29.0 Å². The van der Waals surface area contributed by atoms with E-state index in [9.17, 15) is 0 Å². The van der Waals surface area contributed by atoms with Crippen molar-refractivity contribution < 1.29 is 0 Å². The van der Waals surface area contributed by atoms with Crippen molar-refractivity contribution in [3.8, 4) is 0 Å². The molecule has 0 unspecified atom stereocenters. The molecule has 3 N–H and O–H groups in total. The highest BCUT2D eigenvalue weighted by atomic mass is 32.2. The zero-order valence-corrected chi connectivity index (χ0v) is 12.4. The van der Waals surface area contributed by atoms with Gasteiger partial charge in [0.15, 0.2) is 5.82 Å². The van der Waals surface area contributed by atoms with E-state index in [0.29, 0.717) is 0 Å². The van der Waals surface area contributed by atoms with Crippen molar-refractivity contribution in [3.05, 3.63) is 30.0 Å². The first-order valence-corrected chi connectivity index (χ1v) is 7.62. The second-order valence-corrected chi connectivity index (χ2v) is 5.31. The summed E-state index contributed by atoms with van der Waals surface area (Å²) in [5, 5.41) is 7.85. The molecular formula is C14H20N4S. The predicted octanol–water partition coefficient (Wildman–Crippen LogP) is 3.65. The molecule has 0 radical (unpaired) electrons. The van der Waals surface area contributed by atoms with Gasteiger partial charge < -0.3 is 11.1 Å². The highest BCUT2D eigenvalue weighted by Crippen LogP contribution is 2.28. The van der Waals surface area contributed by atoms with Gasteiger partial charge in [0, 0.05) is 17.1 Å².